The Labute approximate surface area is 328 Å². The van der Waals surface area contributed by atoms with Crippen LogP contribution in [0.2, 0.25) is 0 Å². The lowest BCUT2D eigenvalue weighted by Crippen LogP contribution is -2.50. The number of rotatable bonds is 11. The number of hydroxylamine groups is 4. The fourth-order valence-electron chi connectivity index (χ4n) is 7.10. The van der Waals surface area contributed by atoms with E-state index in [1.54, 1.807) is 36.4 Å². The number of nitrogens with zero attached hydrogens (tertiary/aromatic N) is 4. The second-order valence-electron chi connectivity index (χ2n) is 14.0. The topological polar surface area (TPSA) is 203 Å². The van der Waals surface area contributed by atoms with Gasteiger partial charge in [-0.15, -0.1) is 0 Å². The molecule has 3 aromatic rings. The zero-order valence-corrected chi connectivity index (χ0v) is 32.2. The van der Waals surface area contributed by atoms with Crippen molar-refractivity contribution in [2.45, 2.75) is 69.1 Å². The Kier molecular flexibility index (Phi) is 13.2. The average Bonchev–Trinajstić information content (AvgIpc) is 3.60. The van der Waals surface area contributed by atoms with Gasteiger partial charge in [-0.3, -0.25) is 29.2 Å². The lowest BCUT2D eigenvalue weighted by molar-refractivity contribution is -0.191. The predicted octanol–water partition coefficient (Wildman–Crippen LogP) is 2.46. The highest BCUT2D eigenvalue weighted by Crippen LogP contribution is 2.31. The van der Waals surface area contributed by atoms with Crippen molar-refractivity contribution < 1.29 is 54.8 Å². The third-order valence-electron chi connectivity index (χ3n) is 10.3. The zero-order chi connectivity index (χ0) is 40.9. The van der Waals surface area contributed by atoms with Crippen molar-refractivity contribution in [3.8, 4) is 0 Å². The Morgan fingerprint density at radius 2 is 1.04 bits per heavy atom. The van der Waals surface area contributed by atoms with E-state index in [9.17, 15) is 50.0 Å². The van der Waals surface area contributed by atoms with Crippen molar-refractivity contribution >= 4 is 44.0 Å². The summed E-state index contributed by atoms with van der Waals surface area (Å²) in [5.74, 6) is -3.49. The second kappa shape index (κ2) is 17.9. The number of hydrogen-bond acceptors (Lipinski definition) is 10. The van der Waals surface area contributed by atoms with Gasteiger partial charge in [-0.2, -0.15) is 45.0 Å². The molecule has 2 atom stereocenters. The van der Waals surface area contributed by atoms with Gasteiger partial charge in [-0.1, -0.05) is 54.6 Å². The van der Waals surface area contributed by atoms with Crippen LogP contribution in [0, 0.1) is 11.6 Å². The summed E-state index contributed by atoms with van der Waals surface area (Å²) in [6.07, 6.45) is 1.60. The normalized spacial score (nSPS) is 21.9. The van der Waals surface area contributed by atoms with E-state index < -0.39 is 62.6 Å². The van der Waals surface area contributed by atoms with E-state index in [2.05, 4.69) is 9.44 Å². The second-order valence-corrected chi connectivity index (χ2v) is 17.4. The van der Waals surface area contributed by atoms with Gasteiger partial charge >= 0.3 is 0 Å². The molecule has 4 heterocycles. The molecule has 0 aliphatic carbocycles. The Morgan fingerprint density at radius 3 is 1.46 bits per heavy atom. The highest BCUT2D eigenvalue weighted by Gasteiger charge is 2.44. The summed E-state index contributed by atoms with van der Waals surface area (Å²) >= 11 is 0. The molecule has 4 fully saturated rings. The van der Waals surface area contributed by atoms with Gasteiger partial charge in [0.2, 0.25) is 0 Å². The van der Waals surface area contributed by atoms with Gasteiger partial charge in [-0.25, -0.2) is 8.78 Å². The minimum Gasteiger partial charge on any atom is -0.278 e. The summed E-state index contributed by atoms with van der Waals surface area (Å²) in [7, 11) is -7.90. The molecule has 16 nitrogen and oxygen atoms in total. The fourth-order valence-corrected chi connectivity index (χ4v) is 9.87. The molecule has 4 aliphatic heterocycles. The van der Waals surface area contributed by atoms with Gasteiger partial charge in [0.25, 0.3) is 44.0 Å². The van der Waals surface area contributed by atoms with Gasteiger partial charge < -0.3 is 0 Å². The van der Waals surface area contributed by atoms with Crippen LogP contribution in [-0.4, -0.2) is 103 Å². The molecule has 0 spiro atoms. The molecule has 1 unspecified atom stereocenters. The van der Waals surface area contributed by atoms with Crippen molar-refractivity contribution in [1.82, 2.24) is 28.2 Å². The Bertz CT molecular complexity index is 2150. The number of piperidine rings is 2. The molecule has 4 amide bonds. The fraction of sp³-hybridized carbons (Fsp3) is 0.405. The Balaban J connectivity index is 0.000000199. The summed E-state index contributed by atoms with van der Waals surface area (Å²) in [6, 6.07) is 18.9. The molecule has 3 aromatic carbocycles. The zero-order valence-electron chi connectivity index (χ0n) is 30.6. The molecule has 0 saturated carbocycles. The summed E-state index contributed by atoms with van der Waals surface area (Å²) in [6.45, 7) is 1.04. The maximum absolute atomic E-state index is 13.1. The Hall–Kier alpha value is -4.54. The molecule has 0 bridgehead atoms. The van der Waals surface area contributed by atoms with E-state index in [1.165, 1.54) is 32.9 Å². The summed E-state index contributed by atoms with van der Waals surface area (Å²) in [4.78, 5) is 53.0. The van der Waals surface area contributed by atoms with E-state index in [0.29, 0.717) is 30.7 Å². The molecular weight excluding hydrogens is 791 g/mol. The third kappa shape index (κ3) is 10.3. The standard InChI is InChI=1S/C22H24FN3O5S.C15H18FN3O5S/c23-19-8-6-17(7-9-19)18-10-12-25(13-11-18)32(29,30)24-20-14-21(27)26(22(20)28)31-15-16-4-2-1-3-5-16;16-12-3-1-10(2-4-12)11-5-7-18(8-6-11)25(23,24)17-13-9-14(20)19(22)15(13)21/h1-9,18,20,24H,10-15H2;1-4,11,13,17,22H,5-9H2/t;13-/m.0/s1. The van der Waals surface area contributed by atoms with Crippen molar-refractivity contribution in [3.63, 3.8) is 0 Å². The molecule has 20 heteroatoms. The van der Waals surface area contributed by atoms with Gasteiger partial charge in [0.05, 0.1) is 12.8 Å². The van der Waals surface area contributed by atoms with Gasteiger partial charge in [-0.05, 0) is 78.5 Å². The first-order valence-corrected chi connectivity index (χ1v) is 21.1. The van der Waals surface area contributed by atoms with Crippen LogP contribution in [0.5, 0.6) is 0 Å². The first-order valence-electron chi connectivity index (χ1n) is 18.3. The SMILES string of the molecule is O=C1CC(NS(=O)(=O)N2CCC(c3ccc(F)cc3)CC2)C(=O)N1OCc1ccccc1.O=C1C[C@H](NS(=O)(=O)N2CCC(c3ccc(F)cc3)CC2)C(=O)N1O. The first-order chi connectivity index (χ1) is 27.1. The number of benzene rings is 3. The maximum atomic E-state index is 13.1. The molecule has 7 rings (SSSR count). The summed E-state index contributed by atoms with van der Waals surface area (Å²) < 4.78 is 83.5. The molecule has 306 valence electrons. The van der Waals surface area contributed by atoms with Crippen molar-refractivity contribution in [1.29, 1.82) is 0 Å². The van der Waals surface area contributed by atoms with Crippen LogP contribution in [0.1, 0.15) is 67.1 Å². The van der Waals surface area contributed by atoms with E-state index in [-0.39, 0.29) is 67.7 Å². The van der Waals surface area contributed by atoms with Crippen LogP contribution in [-0.2, 0) is 51.0 Å². The molecule has 4 aliphatic rings. The van der Waals surface area contributed by atoms with E-state index in [1.807, 2.05) is 18.2 Å². The van der Waals surface area contributed by atoms with E-state index in [0.717, 1.165) is 16.7 Å². The molecule has 0 radical (unpaired) electrons. The predicted molar refractivity (Wildman–Crippen MR) is 198 cm³/mol. The Morgan fingerprint density at radius 1 is 0.614 bits per heavy atom. The summed E-state index contributed by atoms with van der Waals surface area (Å²) in [5, 5.41) is 9.76. The average molecular weight is 833 g/mol. The number of carbonyl (C=O) groups is 4. The minimum atomic E-state index is -3.96. The lowest BCUT2D eigenvalue weighted by atomic mass is 9.90. The van der Waals surface area contributed by atoms with Crippen molar-refractivity contribution in [2.24, 2.45) is 0 Å². The highest BCUT2D eigenvalue weighted by molar-refractivity contribution is 7.87. The monoisotopic (exact) mass is 832 g/mol. The summed E-state index contributed by atoms with van der Waals surface area (Å²) in [5.41, 5.74) is 2.71. The molecule has 0 aromatic heterocycles. The molecule has 4 saturated heterocycles. The number of carbonyl (C=O) groups excluding carboxylic acids is 4. The smallest absolute Gasteiger partial charge is 0.278 e. The highest BCUT2D eigenvalue weighted by atomic mass is 32.2. The number of hydrogen-bond donors (Lipinski definition) is 3. The van der Waals surface area contributed by atoms with Crippen LogP contribution in [0.25, 0.3) is 0 Å². The van der Waals surface area contributed by atoms with Crippen molar-refractivity contribution in [3.05, 3.63) is 107 Å². The maximum Gasteiger partial charge on any atom is 0.280 e. The lowest BCUT2D eigenvalue weighted by Gasteiger charge is -2.32. The van der Waals surface area contributed by atoms with Crippen LogP contribution < -0.4 is 9.44 Å². The largest absolute Gasteiger partial charge is 0.280 e. The quantitative estimate of drug-likeness (QED) is 0.190. The van der Waals surface area contributed by atoms with Crippen LogP contribution in [0.3, 0.4) is 0 Å². The minimum absolute atomic E-state index is 0.0225. The third-order valence-corrected chi connectivity index (χ3v) is 13.5. The number of halogens is 2. The number of amides is 4. The first kappa shape index (κ1) is 42.1. The van der Waals surface area contributed by atoms with E-state index >= 15 is 0 Å². The van der Waals surface area contributed by atoms with E-state index in [4.69, 9.17) is 4.84 Å². The number of nitrogens with one attached hydrogen (secondary N) is 2. The van der Waals surface area contributed by atoms with Crippen molar-refractivity contribution in [2.75, 3.05) is 26.2 Å². The van der Waals surface area contributed by atoms with Crippen LogP contribution >= 0.6 is 0 Å². The van der Waals surface area contributed by atoms with Crippen LogP contribution in [0.4, 0.5) is 8.78 Å². The van der Waals surface area contributed by atoms with Gasteiger partial charge in [0.1, 0.15) is 30.3 Å². The van der Waals surface area contributed by atoms with Gasteiger partial charge in [0, 0.05) is 26.2 Å². The molecule has 57 heavy (non-hydrogen) atoms. The van der Waals surface area contributed by atoms with Gasteiger partial charge in [0.15, 0.2) is 0 Å². The molecule has 3 N–H and O–H groups in total. The molecular formula is C37H42F2N6O10S2. The van der Waals surface area contributed by atoms with Crippen LogP contribution in [0.15, 0.2) is 78.9 Å². The number of imide groups is 2.